The number of anilines is 3. The van der Waals surface area contributed by atoms with Crippen molar-refractivity contribution in [3.05, 3.63) is 41.9 Å². The monoisotopic (exact) mass is 341 g/mol. The number of aromatic nitrogens is 2. The van der Waals surface area contributed by atoms with Crippen LogP contribution in [0.15, 0.2) is 30.6 Å². The number of rotatable bonds is 8. The highest BCUT2D eigenvalue weighted by Gasteiger charge is 2.09. The van der Waals surface area contributed by atoms with E-state index in [0.717, 1.165) is 30.8 Å². The molecule has 6 heteroatoms. The lowest BCUT2D eigenvalue weighted by molar-refractivity contribution is 0.0948. The fraction of sp³-hybridized carbons (Fsp3) is 0.421. The van der Waals surface area contributed by atoms with Crippen LogP contribution < -0.4 is 15.5 Å². The van der Waals surface area contributed by atoms with Gasteiger partial charge in [-0.15, -0.1) is 0 Å². The Hall–Kier alpha value is -2.63. The molecule has 0 bridgehead atoms. The summed E-state index contributed by atoms with van der Waals surface area (Å²) in [4.78, 5) is 22.6. The van der Waals surface area contributed by atoms with Gasteiger partial charge in [0, 0.05) is 31.0 Å². The molecule has 1 aromatic heterocycles. The summed E-state index contributed by atoms with van der Waals surface area (Å²) < 4.78 is 0. The number of carbonyl (C=O) groups is 1. The van der Waals surface area contributed by atoms with Crippen LogP contribution in [0.1, 0.15) is 43.2 Å². The van der Waals surface area contributed by atoms with E-state index >= 15 is 0 Å². The number of amides is 1. The predicted octanol–water partition coefficient (Wildman–Crippen LogP) is 3.51. The van der Waals surface area contributed by atoms with Gasteiger partial charge < -0.3 is 15.5 Å². The van der Waals surface area contributed by atoms with Gasteiger partial charge in [0.05, 0.1) is 12.4 Å². The molecule has 1 heterocycles. The summed E-state index contributed by atoms with van der Waals surface area (Å²) in [5, 5.41) is 6.05. The van der Waals surface area contributed by atoms with Crippen LogP contribution in [-0.2, 0) is 0 Å². The molecule has 0 unspecified atom stereocenters. The average Bonchev–Trinajstić information content (AvgIpc) is 2.63. The van der Waals surface area contributed by atoms with Crippen molar-refractivity contribution in [3.63, 3.8) is 0 Å². The van der Waals surface area contributed by atoms with Crippen LogP contribution in [0.25, 0.3) is 0 Å². The fourth-order valence-electron chi connectivity index (χ4n) is 2.55. The van der Waals surface area contributed by atoms with E-state index < -0.39 is 0 Å². The second-order valence-corrected chi connectivity index (χ2v) is 5.84. The van der Waals surface area contributed by atoms with Gasteiger partial charge in [-0.25, -0.2) is 9.97 Å². The standard InChI is InChI=1S/C19H27N5O/c1-5-10-20-19(25)17-12-22-18(13-21-17)23-16-9-8-15(11-14(16)4)24(6-2)7-3/h8-9,11-13H,5-7,10H2,1-4H3,(H,20,25)(H,22,23). The third kappa shape index (κ3) is 4.92. The third-order valence-electron chi connectivity index (χ3n) is 4.02. The number of hydrogen-bond acceptors (Lipinski definition) is 5. The summed E-state index contributed by atoms with van der Waals surface area (Å²) in [5.74, 6) is 0.423. The van der Waals surface area contributed by atoms with Crippen molar-refractivity contribution in [1.82, 2.24) is 15.3 Å². The summed E-state index contributed by atoms with van der Waals surface area (Å²) in [7, 11) is 0. The molecule has 0 aliphatic carbocycles. The molecule has 0 aliphatic heterocycles. The SMILES string of the molecule is CCCNC(=O)c1cnc(Nc2ccc(N(CC)CC)cc2C)cn1. The fourth-order valence-corrected chi connectivity index (χ4v) is 2.55. The average molecular weight is 341 g/mol. The van der Waals surface area contributed by atoms with Crippen LogP contribution in [0.5, 0.6) is 0 Å². The van der Waals surface area contributed by atoms with E-state index in [4.69, 9.17) is 0 Å². The zero-order chi connectivity index (χ0) is 18.2. The van der Waals surface area contributed by atoms with Gasteiger partial charge in [-0.1, -0.05) is 6.92 Å². The Morgan fingerprint density at radius 2 is 1.88 bits per heavy atom. The Morgan fingerprint density at radius 1 is 1.12 bits per heavy atom. The molecule has 134 valence electrons. The Bertz CT molecular complexity index is 695. The summed E-state index contributed by atoms with van der Waals surface area (Å²) >= 11 is 0. The molecule has 0 aliphatic rings. The molecule has 0 spiro atoms. The smallest absolute Gasteiger partial charge is 0.271 e. The molecule has 25 heavy (non-hydrogen) atoms. The Morgan fingerprint density at radius 3 is 2.44 bits per heavy atom. The van der Waals surface area contributed by atoms with Gasteiger partial charge in [-0.05, 0) is 51.0 Å². The zero-order valence-corrected chi connectivity index (χ0v) is 15.5. The highest BCUT2D eigenvalue weighted by Crippen LogP contribution is 2.24. The molecular formula is C19H27N5O. The van der Waals surface area contributed by atoms with Gasteiger partial charge in [0.15, 0.2) is 0 Å². The van der Waals surface area contributed by atoms with E-state index in [-0.39, 0.29) is 5.91 Å². The zero-order valence-electron chi connectivity index (χ0n) is 15.5. The molecule has 6 nitrogen and oxygen atoms in total. The molecule has 1 amide bonds. The number of carbonyl (C=O) groups excluding carboxylic acids is 1. The number of nitrogens with zero attached hydrogens (tertiary/aromatic N) is 3. The van der Waals surface area contributed by atoms with E-state index in [1.807, 2.05) is 13.0 Å². The van der Waals surface area contributed by atoms with Crippen molar-refractivity contribution < 1.29 is 4.79 Å². The minimum atomic E-state index is -0.194. The van der Waals surface area contributed by atoms with E-state index in [2.05, 4.69) is 58.4 Å². The van der Waals surface area contributed by atoms with E-state index in [1.165, 1.54) is 11.9 Å². The molecule has 0 fully saturated rings. The molecule has 0 atom stereocenters. The maximum atomic E-state index is 11.8. The quantitative estimate of drug-likeness (QED) is 0.769. The summed E-state index contributed by atoms with van der Waals surface area (Å²) in [6, 6.07) is 6.31. The lowest BCUT2D eigenvalue weighted by Gasteiger charge is -2.22. The van der Waals surface area contributed by atoms with E-state index in [9.17, 15) is 4.79 Å². The van der Waals surface area contributed by atoms with Gasteiger partial charge in [0.2, 0.25) is 0 Å². The topological polar surface area (TPSA) is 70.2 Å². The van der Waals surface area contributed by atoms with Crippen LogP contribution >= 0.6 is 0 Å². The second-order valence-electron chi connectivity index (χ2n) is 5.84. The van der Waals surface area contributed by atoms with E-state index in [1.54, 1.807) is 6.20 Å². The van der Waals surface area contributed by atoms with Crippen LogP contribution in [0.3, 0.4) is 0 Å². The Balaban J connectivity index is 2.08. The molecule has 1 aromatic carbocycles. The normalized spacial score (nSPS) is 10.4. The van der Waals surface area contributed by atoms with Crippen molar-refractivity contribution in [2.75, 3.05) is 29.9 Å². The lowest BCUT2D eigenvalue weighted by atomic mass is 10.1. The summed E-state index contributed by atoms with van der Waals surface area (Å²) in [6.45, 7) is 11.0. The minimum Gasteiger partial charge on any atom is -0.372 e. The van der Waals surface area contributed by atoms with Crippen molar-refractivity contribution in [2.45, 2.75) is 34.1 Å². The Kier molecular flexibility index (Phi) is 6.74. The van der Waals surface area contributed by atoms with Crippen LogP contribution in [-0.4, -0.2) is 35.5 Å². The molecule has 2 aromatic rings. The first-order valence-electron chi connectivity index (χ1n) is 8.81. The number of hydrogen-bond donors (Lipinski definition) is 2. The van der Waals surface area contributed by atoms with E-state index in [0.29, 0.717) is 18.1 Å². The largest absolute Gasteiger partial charge is 0.372 e. The third-order valence-corrected chi connectivity index (χ3v) is 4.02. The maximum absolute atomic E-state index is 11.8. The molecule has 2 rings (SSSR count). The highest BCUT2D eigenvalue weighted by molar-refractivity contribution is 5.92. The first-order valence-corrected chi connectivity index (χ1v) is 8.81. The van der Waals surface area contributed by atoms with Crippen molar-refractivity contribution in [1.29, 1.82) is 0 Å². The van der Waals surface area contributed by atoms with Crippen molar-refractivity contribution in [2.24, 2.45) is 0 Å². The summed E-state index contributed by atoms with van der Waals surface area (Å²) in [5.41, 5.74) is 3.65. The van der Waals surface area contributed by atoms with Crippen molar-refractivity contribution >= 4 is 23.1 Å². The highest BCUT2D eigenvalue weighted by atomic mass is 16.1. The molecule has 0 saturated heterocycles. The minimum absolute atomic E-state index is 0.194. The molecule has 0 saturated carbocycles. The lowest BCUT2D eigenvalue weighted by Crippen LogP contribution is -2.25. The number of benzene rings is 1. The predicted molar refractivity (Wildman–Crippen MR) is 103 cm³/mol. The number of aryl methyl sites for hydroxylation is 1. The van der Waals surface area contributed by atoms with Gasteiger partial charge in [0.1, 0.15) is 11.5 Å². The molecule has 0 radical (unpaired) electrons. The first kappa shape index (κ1) is 18.7. The van der Waals surface area contributed by atoms with Gasteiger partial charge >= 0.3 is 0 Å². The molecular weight excluding hydrogens is 314 g/mol. The summed E-state index contributed by atoms with van der Waals surface area (Å²) in [6.07, 6.45) is 3.97. The Labute approximate surface area is 149 Å². The second kappa shape index (κ2) is 9.01. The van der Waals surface area contributed by atoms with Crippen LogP contribution in [0.2, 0.25) is 0 Å². The van der Waals surface area contributed by atoms with Crippen LogP contribution in [0, 0.1) is 6.92 Å². The number of nitrogens with one attached hydrogen (secondary N) is 2. The van der Waals surface area contributed by atoms with Gasteiger partial charge in [-0.2, -0.15) is 0 Å². The van der Waals surface area contributed by atoms with Crippen LogP contribution in [0.4, 0.5) is 17.2 Å². The first-order chi connectivity index (χ1) is 12.1. The van der Waals surface area contributed by atoms with Gasteiger partial charge in [-0.3, -0.25) is 4.79 Å². The maximum Gasteiger partial charge on any atom is 0.271 e. The van der Waals surface area contributed by atoms with Crippen molar-refractivity contribution in [3.8, 4) is 0 Å². The van der Waals surface area contributed by atoms with Gasteiger partial charge in [0.25, 0.3) is 5.91 Å². The molecule has 2 N–H and O–H groups in total.